The largest absolute Gasteiger partial charge is 0.508 e. The Morgan fingerprint density at radius 1 is 0.946 bits per heavy atom. The predicted octanol–water partition coefficient (Wildman–Crippen LogP) is 6.43. The molecule has 0 spiro atoms. The Labute approximate surface area is 327 Å². The third-order valence-electron chi connectivity index (χ3n) is 11.3. The first kappa shape index (κ1) is 37.1. The van der Waals surface area contributed by atoms with Crippen molar-refractivity contribution in [2.75, 3.05) is 64.0 Å². The fourth-order valence-electron chi connectivity index (χ4n) is 8.08. The van der Waals surface area contributed by atoms with E-state index in [1.54, 1.807) is 48.5 Å². The number of pyridine rings is 1. The van der Waals surface area contributed by atoms with Gasteiger partial charge in [0.1, 0.15) is 11.6 Å². The van der Waals surface area contributed by atoms with E-state index in [2.05, 4.69) is 33.4 Å². The lowest BCUT2D eigenvalue weighted by atomic mass is 9.93. The number of ether oxygens (including phenoxy) is 3. The number of rotatable bonds is 11. The van der Waals surface area contributed by atoms with Gasteiger partial charge in [0.25, 0.3) is 11.8 Å². The molecular weight excluding hydrogens is 709 g/mol. The number of aromatic hydroxyl groups is 1. The molecule has 12 nitrogen and oxygen atoms in total. The van der Waals surface area contributed by atoms with E-state index < -0.39 is 0 Å². The number of hydrogen-bond acceptors (Lipinski definition) is 9. The van der Waals surface area contributed by atoms with Gasteiger partial charge in [0, 0.05) is 69.9 Å². The molecule has 2 aromatic heterocycles. The van der Waals surface area contributed by atoms with Gasteiger partial charge in [-0.2, -0.15) is 0 Å². The van der Waals surface area contributed by atoms with Crippen LogP contribution in [0.3, 0.4) is 0 Å². The Morgan fingerprint density at radius 2 is 1.70 bits per heavy atom. The quantitative estimate of drug-likeness (QED) is 0.163. The monoisotopic (exact) mass is 756 g/mol. The molecule has 3 aliphatic rings. The fraction of sp³-hybridized carbons (Fsp3) is 0.341. The summed E-state index contributed by atoms with van der Waals surface area (Å²) in [6.07, 6.45) is 3.31. The van der Waals surface area contributed by atoms with Crippen LogP contribution in [0.1, 0.15) is 50.0 Å². The molecule has 290 valence electrons. The Bertz CT molecular complexity index is 2290. The SMILES string of the molecule is COCCN(C)CCn1c(-c2cc3c(cc2C(=O)N2Cc4ccccc4C[C@H]2C)OCO3)cc(C(=O)N(c2ccc(O)cc2)c2cnc3c(c2)CCN3C)c1C. The highest BCUT2D eigenvalue weighted by Crippen LogP contribution is 2.42. The molecule has 0 unspecified atom stereocenters. The number of aromatic nitrogens is 2. The molecule has 12 heteroatoms. The van der Waals surface area contributed by atoms with E-state index in [4.69, 9.17) is 19.2 Å². The number of benzene rings is 3. The van der Waals surface area contributed by atoms with Gasteiger partial charge in [-0.25, -0.2) is 4.98 Å². The number of carbonyl (C=O) groups excluding carboxylic acids is 2. The van der Waals surface area contributed by atoms with Gasteiger partial charge >= 0.3 is 0 Å². The molecule has 0 bridgehead atoms. The van der Waals surface area contributed by atoms with Gasteiger partial charge in [-0.3, -0.25) is 14.5 Å². The van der Waals surface area contributed by atoms with Gasteiger partial charge in [0.2, 0.25) is 6.79 Å². The molecule has 0 saturated heterocycles. The maximum absolute atomic E-state index is 15.2. The molecule has 8 rings (SSSR count). The number of nitrogens with zero attached hydrogens (tertiary/aromatic N) is 6. The number of anilines is 3. The normalized spacial score (nSPS) is 15.6. The van der Waals surface area contributed by atoms with Crippen molar-refractivity contribution in [2.45, 2.75) is 45.8 Å². The zero-order valence-corrected chi connectivity index (χ0v) is 32.6. The van der Waals surface area contributed by atoms with E-state index in [-0.39, 0.29) is 30.4 Å². The molecule has 0 saturated carbocycles. The van der Waals surface area contributed by atoms with Gasteiger partial charge in [0.05, 0.1) is 35.3 Å². The van der Waals surface area contributed by atoms with Crippen molar-refractivity contribution in [1.29, 1.82) is 0 Å². The molecular formula is C44H48N6O6. The maximum Gasteiger partial charge on any atom is 0.264 e. The second-order valence-corrected chi connectivity index (χ2v) is 15.0. The minimum atomic E-state index is -0.260. The van der Waals surface area contributed by atoms with Crippen molar-refractivity contribution in [1.82, 2.24) is 19.4 Å². The van der Waals surface area contributed by atoms with Crippen molar-refractivity contribution >= 4 is 29.0 Å². The van der Waals surface area contributed by atoms with Crippen LogP contribution in [-0.2, 0) is 30.7 Å². The molecule has 1 atom stereocenters. The zero-order chi connectivity index (χ0) is 39.1. The molecule has 0 aliphatic carbocycles. The number of methoxy groups -OCH3 is 1. The third-order valence-corrected chi connectivity index (χ3v) is 11.3. The van der Waals surface area contributed by atoms with Crippen LogP contribution in [0.5, 0.6) is 17.2 Å². The molecule has 0 fully saturated rings. The van der Waals surface area contributed by atoms with Gasteiger partial charge < -0.3 is 38.6 Å². The van der Waals surface area contributed by atoms with Crippen LogP contribution < -0.4 is 19.3 Å². The molecule has 3 aliphatic heterocycles. The van der Waals surface area contributed by atoms with Gasteiger partial charge in [-0.15, -0.1) is 0 Å². The molecule has 56 heavy (non-hydrogen) atoms. The number of fused-ring (bicyclic) bond motifs is 3. The Morgan fingerprint density at radius 3 is 2.46 bits per heavy atom. The first-order chi connectivity index (χ1) is 27.1. The smallest absolute Gasteiger partial charge is 0.264 e. The van der Waals surface area contributed by atoms with Crippen LogP contribution in [-0.4, -0.2) is 96.6 Å². The minimum Gasteiger partial charge on any atom is -0.508 e. The summed E-state index contributed by atoms with van der Waals surface area (Å²) in [5, 5.41) is 10.2. The van der Waals surface area contributed by atoms with Crippen molar-refractivity contribution < 1.29 is 28.9 Å². The molecule has 0 radical (unpaired) electrons. The predicted molar refractivity (Wildman–Crippen MR) is 215 cm³/mol. The Hall–Kier alpha value is -5.85. The Balaban J connectivity index is 1.26. The molecule has 2 amide bonds. The number of amides is 2. The van der Waals surface area contributed by atoms with Crippen molar-refractivity contribution in [2.24, 2.45) is 0 Å². The van der Waals surface area contributed by atoms with Crippen molar-refractivity contribution in [3.8, 4) is 28.5 Å². The number of carbonyl (C=O) groups is 2. The summed E-state index contributed by atoms with van der Waals surface area (Å²) in [6.45, 7) is 7.95. The fourth-order valence-corrected chi connectivity index (χ4v) is 8.08. The number of likely N-dealkylation sites (N-methyl/N-ethyl adjacent to an activating group) is 2. The number of phenolic OH excluding ortho intramolecular Hbond substituents is 1. The highest BCUT2D eigenvalue weighted by molar-refractivity contribution is 6.12. The second kappa shape index (κ2) is 15.4. The summed E-state index contributed by atoms with van der Waals surface area (Å²) in [5.41, 5.74) is 7.75. The third kappa shape index (κ3) is 6.94. The van der Waals surface area contributed by atoms with E-state index in [0.717, 1.165) is 54.3 Å². The van der Waals surface area contributed by atoms with E-state index in [9.17, 15) is 9.90 Å². The van der Waals surface area contributed by atoms with Crippen LogP contribution in [0, 0.1) is 6.92 Å². The van der Waals surface area contributed by atoms with Crippen molar-refractivity contribution in [3.63, 3.8) is 0 Å². The lowest BCUT2D eigenvalue weighted by Crippen LogP contribution is -2.42. The molecule has 5 heterocycles. The summed E-state index contributed by atoms with van der Waals surface area (Å²) >= 11 is 0. The van der Waals surface area contributed by atoms with Gasteiger partial charge in [-0.05, 0) is 99.0 Å². The summed E-state index contributed by atoms with van der Waals surface area (Å²) in [7, 11) is 5.75. The first-order valence-corrected chi connectivity index (χ1v) is 19.1. The highest BCUT2D eigenvalue weighted by Gasteiger charge is 2.34. The summed E-state index contributed by atoms with van der Waals surface area (Å²) in [6, 6.07) is 22.5. The molecule has 5 aromatic rings. The van der Waals surface area contributed by atoms with Gasteiger partial charge in [-0.1, -0.05) is 24.3 Å². The lowest BCUT2D eigenvalue weighted by molar-refractivity contribution is 0.0658. The standard InChI is InChI=1S/C44H48N6O6/c1-28-20-30-8-6-7-9-32(30)26-49(28)43(52)38-24-41-40(55-27-56-41)23-37(38)39-22-36(29(2)48(39)17-16-46(3)18-19-54-5)44(53)50(33-10-12-35(51)13-11-33)34-21-31-14-15-47(4)42(31)45-25-34/h6-13,21-25,28,51H,14-20,26-27H2,1-5H3/t28-/m1/s1. The lowest BCUT2D eigenvalue weighted by Gasteiger charge is -2.35. The Kier molecular flexibility index (Phi) is 10.2. The van der Waals surface area contributed by atoms with Crippen LogP contribution in [0.25, 0.3) is 11.3 Å². The van der Waals surface area contributed by atoms with Gasteiger partial charge in [0.15, 0.2) is 11.5 Å². The van der Waals surface area contributed by atoms with Crippen molar-refractivity contribution in [3.05, 3.63) is 113 Å². The average Bonchev–Trinajstić information content (AvgIpc) is 3.92. The summed E-state index contributed by atoms with van der Waals surface area (Å²) in [5.74, 6) is 1.69. The number of phenols is 1. The maximum atomic E-state index is 15.2. The van der Waals surface area contributed by atoms with Crippen LogP contribution >= 0.6 is 0 Å². The van der Waals surface area contributed by atoms with Crippen LogP contribution in [0.2, 0.25) is 0 Å². The summed E-state index contributed by atoms with van der Waals surface area (Å²) in [4.78, 5) is 42.7. The first-order valence-electron chi connectivity index (χ1n) is 19.1. The van der Waals surface area contributed by atoms with E-state index in [1.807, 2.05) is 56.3 Å². The topological polar surface area (TPSA) is 113 Å². The zero-order valence-electron chi connectivity index (χ0n) is 32.6. The summed E-state index contributed by atoms with van der Waals surface area (Å²) < 4.78 is 19.2. The molecule has 3 aromatic carbocycles. The van der Waals surface area contributed by atoms with Crippen LogP contribution in [0.15, 0.2) is 79.0 Å². The van der Waals surface area contributed by atoms with Crippen LogP contribution in [0.4, 0.5) is 17.2 Å². The highest BCUT2D eigenvalue weighted by atomic mass is 16.7. The van der Waals surface area contributed by atoms with E-state index in [0.29, 0.717) is 65.8 Å². The molecule has 1 N–H and O–H groups in total. The second-order valence-electron chi connectivity index (χ2n) is 15.0. The average molecular weight is 757 g/mol. The minimum absolute atomic E-state index is 0.0321. The van der Waals surface area contributed by atoms with E-state index >= 15 is 4.79 Å². The van der Waals surface area contributed by atoms with E-state index in [1.165, 1.54) is 5.56 Å². The number of hydrogen-bond donors (Lipinski definition) is 1.